The molecule has 1 aromatic heterocycles. The van der Waals surface area contributed by atoms with E-state index in [1.807, 2.05) is 54.6 Å². The maximum absolute atomic E-state index is 13.8. The fourth-order valence-electron chi connectivity index (χ4n) is 5.68. The fraction of sp³-hybridized carbons (Fsp3) is 0.333. The summed E-state index contributed by atoms with van der Waals surface area (Å²) < 4.78 is 23.5. The van der Waals surface area contributed by atoms with Crippen molar-refractivity contribution < 1.29 is 28.2 Å². The average molecular weight is 500 g/mol. The summed E-state index contributed by atoms with van der Waals surface area (Å²) in [5, 5.41) is 0. The summed E-state index contributed by atoms with van der Waals surface area (Å²) in [7, 11) is 1.58. The highest BCUT2D eigenvalue weighted by atomic mass is 16.5. The molecule has 3 aliphatic rings. The van der Waals surface area contributed by atoms with Gasteiger partial charge in [-0.1, -0.05) is 42.8 Å². The molecule has 0 N–H and O–H groups in total. The van der Waals surface area contributed by atoms with Gasteiger partial charge in [-0.15, -0.1) is 0 Å². The average Bonchev–Trinajstić information content (AvgIpc) is 3.55. The van der Waals surface area contributed by atoms with Crippen molar-refractivity contribution in [3.8, 4) is 11.5 Å². The molecule has 3 atom stereocenters. The summed E-state index contributed by atoms with van der Waals surface area (Å²) in [6.07, 6.45) is 4.94. The van der Waals surface area contributed by atoms with Crippen molar-refractivity contribution in [3.05, 3.63) is 95.1 Å². The highest BCUT2D eigenvalue weighted by Gasteiger charge is 2.52. The first-order valence-electron chi connectivity index (χ1n) is 12.8. The Balaban J connectivity index is 1.36. The van der Waals surface area contributed by atoms with E-state index in [9.17, 15) is 9.59 Å². The van der Waals surface area contributed by atoms with Crippen LogP contribution in [0.1, 0.15) is 48.6 Å². The number of benzene rings is 2. The summed E-state index contributed by atoms with van der Waals surface area (Å²) in [6.45, 7) is 0.623. The third-order valence-corrected chi connectivity index (χ3v) is 7.51. The number of carbonyl (C=O) groups excluding carboxylic acids is 2. The molecule has 0 spiro atoms. The smallest absolute Gasteiger partial charge is 0.290 e. The van der Waals surface area contributed by atoms with Gasteiger partial charge >= 0.3 is 0 Å². The molecule has 7 nitrogen and oxygen atoms in total. The van der Waals surface area contributed by atoms with Gasteiger partial charge in [-0.25, -0.2) is 0 Å². The van der Waals surface area contributed by atoms with Gasteiger partial charge in [0.25, 0.3) is 5.91 Å². The minimum atomic E-state index is -0.597. The Morgan fingerprint density at radius 1 is 0.973 bits per heavy atom. The van der Waals surface area contributed by atoms with Crippen LogP contribution >= 0.6 is 0 Å². The van der Waals surface area contributed by atoms with Crippen LogP contribution in [0.3, 0.4) is 0 Å². The van der Waals surface area contributed by atoms with Gasteiger partial charge in [-0.05, 0) is 54.7 Å². The van der Waals surface area contributed by atoms with Gasteiger partial charge in [0, 0.05) is 0 Å². The van der Waals surface area contributed by atoms with Crippen LogP contribution in [0.5, 0.6) is 11.5 Å². The molecule has 1 saturated carbocycles. The molecule has 2 aromatic carbocycles. The van der Waals surface area contributed by atoms with Gasteiger partial charge in [0.05, 0.1) is 37.5 Å². The molecule has 3 aromatic rings. The number of methoxy groups -OCH3 is 1. The van der Waals surface area contributed by atoms with E-state index in [2.05, 4.69) is 0 Å². The van der Waals surface area contributed by atoms with Gasteiger partial charge in [-0.3, -0.25) is 9.59 Å². The van der Waals surface area contributed by atoms with Gasteiger partial charge in [-0.2, -0.15) is 0 Å². The lowest BCUT2D eigenvalue weighted by Crippen LogP contribution is -2.39. The number of nitrogens with zero attached hydrogens (tertiary/aromatic N) is 1. The summed E-state index contributed by atoms with van der Waals surface area (Å²) >= 11 is 0. The largest absolute Gasteiger partial charge is 0.493 e. The van der Waals surface area contributed by atoms with Crippen molar-refractivity contribution in [2.45, 2.75) is 51.0 Å². The lowest BCUT2D eigenvalue weighted by Gasteiger charge is -2.35. The van der Waals surface area contributed by atoms with E-state index in [-0.39, 0.29) is 36.0 Å². The van der Waals surface area contributed by atoms with Crippen molar-refractivity contribution in [3.63, 3.8) is 0 Å². The zero-order valence-electron chi connectivity index (χ0n) is 20.7. The van der Waals surface area contributed by atoms with Crippen LogP contribution in [0.15, 0.2) is 82.7 Å². The van der Waals surface area contributed by atoms with Crippen LogP contribution in [-0.4, -0.2) is 29.8 Å². The summed E-state index contributed by atoms with van der Waals surface area (Å²) in [5.41, 5.74) is 2.25. The number of ketones is 1. The number of fused-ring (bicyclic) bond motifs is 1. The van der Waals surface area contributed by atoms with Crippen molar-refractivity contribution >= 4 is 11.7 Å². The Morgan fingerprint density at radius 2 is 1.81 bits per heavy atom. The summed E-state index contributed by atoms with van der Waals surface area (Å²) in [4.78, 5) is 29.1. The molecule has 6 rings (SSSR count). The number of Topliss-reactive ketones (excluding diaryl/α,β-unsaturated/α-hetero) is 1. The molecule has 1 aliphatic carbocycles. The molecule has 190 valence electrons. The highest BCUT2D eigenvalue weighted by Crippen LogP contribution is 2.48. The SMILES string of the molecule is COc1cc(C2C3=C(OC4CCCCC4C3=O)C(=O)N2Cc2ccco2)ccc1OCc1ccccc1. The van der Waals surface area contributed by atoms with E-state index >= 15 is 0 Å². The van der Waals surface area contributed by atoms with Crippen molar-refractivity contribution in [2.75, 3.05) is 7.11 Å². The Kier molecular flexibility index (Phi) is 6.20. The number of hydrogen-bond donors (Lipinski definition) is 0. The molecule has 3 heterocycles. The molecule has 2 aliphatic heterocycles. The Bertz CT molecular complexity index is 1330. The number of carbonyl (C=O) groups is 2. The number of amides is 1. The first kappa shape index (κ1) is 23.4. The number of hydrogen-bond acceptors (Lipinski definition) is 6. The van der Waals surface area contributed by atoms with E-state index in [4.69, 9.17) is 18.6 Å². The standard InChI is InChI=1S/C30H29NO6/c1-34-25-16-20(13-14-24(25)36-18-19-8-3-2-4-9-19)27-26-28(32)22-11-5-6-12-23(22)37-29(26)30(33)31(27)17-21-10-7-15-35-21/h2-4,7-10,13-16,22-23,27H,5-6,11-12,17-18H2,1H3. The molecule has 0 saturated heterocycles. The molecular formula is C30H29NO6. The van der Waals surface area contributed by atoms with Crippen LogP contribution in [0, 0.1) is 5.92 Å². The van der Waals surface area contributed by atoms with E-state index < -0.39 is 6.04 Å². The quantitative estimate of drug-likeness (QED) is 0.435. The maximum Gasteiger partial charge on any atom is 0.290 e. The Morgan fingerprint density at radius 3 is 2.59 bits per heavy atom. The highest BCUT2D eigenvalue weighted by molar-refractivity contribution is 6.11. The second-order valence-electron chi connectivity index (χ2n) is 9.75. The molecule has 1 amide bonds. The van der Waals surface area contributed by atoms with Crippen molar-refractivity contribution in [1.29, 1.82) is 0 Å². The predicted molar refractivity (Wildman–Crippen MR) is 135 cm³/mol. The lowest BCUT2D eigenvalue weighted by atomic mass is 9.77. The van der Waals surface area contributed by atoms with Crippen LogP contribution in [-0.2, 0) is 27.5 Å². The third kappa shape index (κ3) is 4.28. The number of furan rings is 1. The first-order chi connectivity index (χ1) is 18.1. The van der Waals surface area contributed by atoms with Crippen molar-refractivity contribution in [2.24, 2.45) is 5.92 Å². The van der Waals surface area contributed by atoms with Crippen LogP contribution < -0.4 is 9.47 Å². The second-order valence-corrected chi connectivity index (χ2v) is 9.75. The molecule has 0 radical (unpaired) electrons. The molecule has 7 heteroatoms. The van der Waals surface area contributed by atoms with Crippen LogP contribution in [0.4, 0.5) is 0 Å². The topological polar surface area (TPSA) is 78.2 Å². The van der Waals surface area contributed by atoms with E-state index in [0.29, 0.717) is 29.4 Å². The zero-order chi connectivity index (χ0) is 25.4. The van der Waals surface area contributed by atoms with Gasteiger partial charge in [0.15, 0.2) is 23.0 Å². The minimum Gasteiger partial charge on any atom is -0.493 e. The predicted octanol–water partition coefficient (Wildman–Crippen LogP) is 5.36. The molecule has 37 heavy (non-hydrogen) atoms. The van der Waals surface area contributed by atoms with Gasteiger partial charge in [0.1, 0.15) is 18.5 Å². The molecule has 3 unspecified atom stereocenters. The minimum absolute atomic E-state index is 0.0228. The third-order valence-electron chi connectivity index (χ3n) is 7.51. The Hall–Kier alpha value is -4.00. The normalized spacial score (nSPS) is 22.9. The molecular weight excluding hydrogens is 470 g/mol. The van der Waals surface area contributed by atoms with E-state index in [1.165, 1.54) is 0 Å². The van der Waals surface area contributed by atoms with Crippen LogP contribution in [0.25, 0.3) is 0 Å². The maximum atomic E-state index is 13.8. The van der Waals surface area contributed by atoms with Crippen LogP contribution in [0.2, 0.25) is 0 Å². The monoisotopic (exact) mass is 499 g/mol. The van der Waals surface area contributed by atoms with Gasteiger partial charge in [0.2, 0.25) is 0 Å². The van der Waals surface area contributed by atoms with Crippen molar-refractivity contribution in [1.82, 2.24) is 4.90 Å². The summed E-state index contributed by atoms with van der Waals surface area (Å²) in [6, 6.07) is 18.5. The first-order valence-corrected chi connectivity index (χ1v) is 12.8. The fourth-order valence-corrected chi connectivity index (χ4v) is 5.68. The molecule has 0 bridgehead atoms. The molecule has 1 fully saturated rings. The Labute approximate surface area is 215 Å². The summed E-state index contributed by atoms with van der Waals surface area (Å²) in [5.74, 6) is 1.48. The van der Waals surface area contributed by atoms with Gasteiger partial charge < -0.3 is 23.5 Å². The second kappa shape index (κ2) is 9.81. The zero-order valence-corrected chi connectivity index (χ0v) is 20.7. The number of rotatable bonds is 7. The number of ether oxygens (including phenoxy) is 3. The van der Waals surface area contributed by atoms with E-state index in [1.54, 1.807) is 24.3 Å². The lowest BCUT2D eigenvalue weighted by molar-refractivity contribution is -0.135. The van der Waals surface area contributed by atoms with E-state index in [0.717, 1.165) is 36.8 Å².